The third kappa shape index (κ3) is 7.40. The molecular formula is C48H70N2. The van der Waals surface area contributed by atoms with Crippen molar-refractivity contribution in [3.63, 3.8) is 0 Å². The highest BCUT2D eigenvalue weighted by molar-refractivity contribution is 5.27. The van der Waals surface area contributed by atoms with Gasteiger partial charge in [0.1, 0.15) is 0 Å². The SMILES string of the molecule is CCC(CN)C1CCC(C2C=C(NC3C=CCC4C=CCCC43)C(C3CCC(C4CCC(C5=CCCC=C5)CC4)C4C=CC=CC43)CC2)CC1. The van der Waals surface area contributed by atoms with Crippen molar-refractivity contribution in [1.82, 2.24) is 5.32 Å². The third-order valence-electron chi connectivity index (χ3n) is 16.1. The van der Waals surface area contributed by atoms with Gasteiger partial charge in [0, 0.05) is 17.7 Å². The van der Waals surface area contributed by atoms with Gasteiger partial charge in [-0.2, -0.15) is 0 Å². The standard InChI is InChI=1S/C48H70N2/c1-2-33(32-49)35-19-21-37(22-20-35)40-27-28-46(48(31-40)50-47-18-10-14-38-13-6-7-15-42(38)47)45-30-29-41(43-16-8-9-17-44(43)45)39-25-23-36(24-26-39)34-11-4-3-5-12-34/h4,6,8-13,16-18,31,33,35-47,50H,2-3,5,7,14-15,19-30,32,49H2,1H3. The highest BCUT2D eigenvalue weighted by atomic mass is 14.9. The van der Waals surface area contributed by atoms with E-state index >= 15 is 0 Å². The van der Waals surface area contributed by atoms with Gasteiger partial charge in [-0.15, -0.1) is 0 Å². The molecule has 272 valence electrons. The second-order valence-electron chi connectivity index (χ2n) is 18.3. The average Bonchev–Trinajstić information content (AvgIpc) is 3.19. The maximum Gasteiger partial charge on any atom is 0.0475 e. The molecule has 2 heteroatoms. The lowest BCUT2D eigenvalue weighted by Gasteiger charge is -2.50. The molecule has 3 saturated carbocycles. The van der Waals surface area contributed by atoms with Crippen LogP contribution in [-0.4, -0.2) is 12.6 Å². The van der Waals surface area contributed by atoms with Crippen molar-refractivity contribution in [2.75, 3.05) is 6.54 Å². The van der Waals surface area contributed by atoms with Gasteiger partial charge in [0.25, 0.3) is 0 Å². The molecule has 3 N–H and O–H groups in total. The van der Waals surface area contributed by atoms with E-state index in [1.165, 1.54) is 116 Å². The molecule has 0 aromatic rings. The minimum Gasteiger partial charge on any atom is -0.382 e. The van der Waals surface area contributed by atoms with E-state index in [2.05, 4.69) is 85.2 Å². The van der Waals surface area contributed by atoms with Crippen LogP contribution in [-0.2, 0) is 0 Å². The second kappa shape index (κ2) is 16.3. The fourth-order valence-corrected chi connectivity index (χ4v) is 13.3. The topological polar surface area (TPSA) is 38.0 Å². The van der Waals surface area contributed by atoms with Crippen LogP contribution in [0.5, 0.6) is 0 Å². The van der Waals surface area contributed by atoms with Crippen LogP contribution in [0.25, 0.3) is 0 Å². The van der Waals surface area contributed by atoms with Crippen molar-refractivity contribution < 1.29 is 0 Å². The predicted octanol–water partition coefficient (Wildman–Crippen LogP) is 11.7. The van der Waals surface area contributed by atoms with E-state index < -0.39 is 0 Å². The summed E-state index contributed by atoms with van der Waals surface area (Å²) in [5, 5.41) is 4.40. The summed E-state index contributed by atoms with van der Waals surface area (Å²) in [6.45, 7) is 3.23. The summed E-state index contributed by atoms with van der Waals surface area (Å²) in [6, 6.07) is 0.495. The van der Waals surface area contributed by atoms with Crippen LogP contribution in [0.4, 0.5) is 0 Å². The Hall–Kier alpha value is -2.06. The summed E-state index contributed by atoms with van der Waals surface area (Å²) in [5.41, 5.74) is 9.55. The molecule has 3 fully saturated rings. The van der Waals surface area contributed by atoms with Crippen molar-refractivity contribution >= 4 is 0 Å². The van der Waals surface area contributed by atoms with Gasteiger partial charge in [-0.3, -0.25) is 0 Å². The third-order valence-corrected chi connectivity index (χ3v) is 16.1. The van der Waals surface area contributed by atoms with Crippen LogP contribution >= 0.6 is 0 Å². The van der Waals surface area contributed by atoms with Gasteiger partial charge >= 0.3 is 0 Å². The second-order valence-corrected chi connectivity index (χ2v) is 18.3. The zero-order valence-electron chi connectivity index (χ0n) is 31.5. The first-order chi connectivity index (χ1) is 24.7. The molecule has 0 aromatic heterocycles. The van der Waals surface area contributed by atoms with E-state index in [9.17, 15) is 0 Å². The van der Waals surface area contributed by atoms with Crippen molar-refractivity contribution in [3.8, 4) is 0 Å². The largest absolute Gasteiger partial charge is 0.382 e. The van der Waals surface area contributed by atoms with Gasteiger partial charge in [0.15, 0.2) is 0 Å². The Morgan fingerprint density at radius 1 is 0.680 bits per heavy atom. The molecular weight excluding hydrogens is 605 g/mol. The Kier molecular flexibility index (Phi) is 11.4. The Labute approximate surface area is 306 Å². The van der Waals surface area contributed by atoms with Crippen LogP contribution in [0.1, 0.15) is 122 Å². The Bertz CT molecular complexity index is 1340. The lowest BCUT2D eigenvalue weighted by molar-refractivity contribution is 0.0547. The number of allylic oxidation sites excluding steroid dienone is 13. The van der Waals surface area contributed by atoms with E-state index in [0.717, 1.165) is 71.6 Å². The molecule has 0 bridgehead atoms. The summed E-state index contributed by atoms with van der Waals surface area (Å²) in [6.07, 6.45) is 55.1. The molecule has 10 atom stereocenters. The molecule has 0 radical (unpaired) electrons. The van der Waals surface area contributed by atoms with Crippen LogP contribution in [0.15, 0.2) is 84.2 Å². The molecule has 8 aliphatic rings. The number of fused-ring (bicyclic) bond motifs is 2. The van der Waals surface area contributed by atoms with Crippen molar-refractivity contribution in [1.29, 1.82) is 0 Å². The number of nitrogens with two attached hydrogens (primary N) is 1. The molecule has 10 unspecified atom stereocenters. The lowest BCUT2D eigenvalue weighted by atomic mass is 9.55. The maximum absolute atomic E-state index is 6.22. The van der Waals surface area contributed by atoms with Gasteiger partial charge in [0.05, 0.1) is 0 Å². The van der Waals surface area contributed by atoms with Gasteiger partial charge in [0.2, 0.25) is 0 Å². The molecule has 2 nitrogen and oxygen atoms in total. The Balaban J connectivity index is 0.995. The van der Waals surface area contributed by atoms with E-state index in [1.807, 2.05) is 0 Å². The highest BCUT2D eigenvalue weighted by Gasteiger charge is 2.46. The van der Waals surface area contributed by atoms with Gasteiger partial charge in [-0.25, -0.2) is 0 Å². The molecule has 50 heavy (non-hydrogen) atoms. The normalized spacial score (nSPS) is 43.4. The molecule has 0 saturated heterocycles. The minimum absolute atomic E-state index is 0.495. The first-order valence-electron chi connectivity index (χ1n) is 21.9. The van der Waals surface area contributed by atoms with Gasteiger partial charge in [-0.05, 0) is 192 Å². The first-order valence-corrected chi connectivity index (χ1v) is 21.9. The van der Waals surface area contributed by atoms with Crippen LogP contribution in [0.2, 0.25) is 0 Å². The Morgan fingerprint density at radius 3 is 2.22 bits per heavy atom. The Morgan fingerprint density at radius 2 is 1.46 bits per heavy atom. The smallest absolute Gasteiger partial charge is 0.0475 e. The molecule has 0 aromatic carbocycles. The van der Waals surface area contributed by atoms with E-state index in [4.69, 9.17) is 5.73 Å². The monoisotopic (exact) mass is 675 g/mol. The highest BCUT2D eigenvalue weighted by Crippen LogP contribution is 2.54. The predicted molar refractivity (Wildman–Crippen MR) is 212 cm³/mol. The van der Waals surface area contributed by atoms with Gasteiger partial charge < -0.3 is 11.1 Å². The van der Waals surface area contributed by atoms with E-state index in [-0.39, 0.29) is 0 Å². The number of hydrogen-bond acceptors (Lipinski definition) is 2. The molecule has 0 aliphatic heterocycles. The lowest BCUT2D eigenvalue weighted by Crippen LogP contribution is -2.46. The van der Waals surface area contributed by atoms with Crippen LogP contribution < -0.4 is 11.1 Å². The molecule has 8 aliphatic carbocycles. The summed E-state index contributed by atoms with van der Waals surface area (Å²) < 4.78 is 0. The molecule has 0 amide bonds. The zero-order valence-corrected chi connectivity index (χ0v) is 31.5. The van der Waals surface area contributed by atoms with Crippen LogP contribution in [0.3, 0.4) is 0 Å². The van der Waals surface area contributed by atoms with E-state index in [1.54, 1.807) is 11.3 Å². The van der Waals surface area contributed by atoms with Gasteiger partial charge in [-0.1, -0.05) is 86.3 Å². The number of rotatable bonds is 9. The maximum atomic E-state index is 6.22. The molecule has 0 heterocycles. The fraction of sp³-hybridized carbons (Fsp3) is 0.708. The van der Waals surface area contributed by atoms with Crippen molar-refractivity contribution in [3.05, 3.63) is 84.2 Å². The fourth-order valence-electron chi connectivity index (χ4n) is 13.3. The van der Waals surface area contributed by atoms with E-state index in [0.29, 0.717) is 17.9 Å². The average molecular weight is 675 g/mol. The number of nitrogens with one attached hydrogen (secondary N) is 1. The summed E-state index contributed by atoms with van der Waals surface area (Å²) >= 11 is 0. The first kappa shape index (κ1) is 35.0. The van der Waals surface area contributed by atoms with Crippen molar-refractivity contribution in [2.24, 2.45) is 82.7 Å². The molecule has 0 spiro atoms. The molecule has 8 rings (SSSR count). The quantitative estimate of drug-likeness (QED) is 0.239. The minimum atomic E-state index is 0.495. The zero-order chi connectivity index (χ0) is 33.9. The van der Waals surface area contributed by atoms with Crippen LogP contribution in [0, 0.1) is 76.9 Å². The number of hydrogen-bond donors (Lipinski definition) is 2. The summed E-state index contributed by atoms with van der Waals surface area (Å²) in [5.74, 6) is 10.2. The summed E-state index contributed by atoms with van der Waals surface area (Å²) in [4.78, 5) is 0. The summed E-state index contributed by atoms with van der Waals surface area (Å²) in [7, 11) is 0. The van der Waals surface area contributed by atoms with Crippen molar-refractivity contribution in [2.45, 2.75) is 129 Å².